The van der Waals surface area contributed by atoms with Gasteiger partial charge in [-0.3, -0.25) is 4.79 Å². The molecule has 0 unspecified atom stereocenters. The Hall–Kier alpha value is -2.57. The van der Waals surface area contributed by atoms with Crippen LogP contribution in [0.4, 0.5) is 10.5 Å². The van der Waals surface area contributed by atoms with Crippen molar-refractivity contribution in [2.24, 2.45) is 0 Å². The lowest BCUT2D eigenvalue weighted by molar-refractivity contribution is -0.156. The van der Waals surface area contributed by atoms with Gasteiger partial charge in [-0.05, 0) is 32.9 Å². The number of para-hydroxylation sites is 1. The summed E-state index contributed by atoms with van der Waals surface area (Å²) in [7, 11) is 0. The van der Waals surface area contributed by atoms with Crippen molar-refractivity contribution in [3.8, 4) is 0 Å². The first-order chi connectivity index (χ1) is 10.4. The minimum Gasteiger partial charge on any atom is -0.451 e. The summed E-state index contributed by atoms with van der Waals surface area (Å²) in [5, 5.41) is 7.58. The molecule has 120 valence electrons. The van der Waals surface area contributed by atoms with Gasteiger partial charge in [0.1, 0.15) is 6.04 Å². The maximum atomic E-state index is 11.8. The molecule has 0 aromatic heterocycles. The summed E-state index contributed by atoms with van der Waals surface area (Å²) < 4.78 is 4.98. The summed E-state index contributed by atoms with van der Waals surface area (Å²) in [6.45, 7) is 5.18. The van der Waals surface area contributed by atoms with Gasteiger partial charge in [-0.2, -0.15) is 0 Å². The molecule has 22 heavy (non-hydrogen) atoms. The molecule has 0 aliphatic carbocycles. The van der Waals surface area contributed by atoms with E-state index in [1.54, 1.807) is 31.2 Å². The van der Waals surface area contributed by atoms with Crippen molar-refractivity contribution < 1.29 is 19.1 Å². The third kappa shape index (κ3) is 5.82. The second kappa shape index (κ2) is 8.66. The number of hydrogen-bond donors (Lipinski definition) is 3. The van der Waals surface area contributed by atoms with E-state index in [1.807, 2.05) is 6.07 Å². The molecule has 7 heteroatoms. The van der Waals surface area contributed by atoms with Crippen molar-refractivity contribution >= 4 is 23.6 Å². The van der Waals surface area contributed by atoms with Crippen LogP contribution in [-0.2, 0) is 14.3 Å². The van der Waals surface area contributed by atoms with Gasteiger partial charge in [0, 0.05) is 12.2 Å². The van der Waals surface area contributed by atoms with Crippen molar-refractivity contribution in [2.75, 3.05) is 11.9 Å². The highest BCUT2D eigenvalue weighted by atomic mass is 16.5. The third-order valence-corrected chi connectivity index (χ3v) is 2.75. The van der Waals surface area contributed by atoms with Crippen LogP contribution >= 0.6 is 0 Å². The van der Waals surface area contributed by atoms with Gasteiger partial charge in [0.15, 0.2) is 6.10 Å². The van der Waals surface area contributed by atoms with Gasteiger partial charge in [-0.1, -0.05) is 18.2 Å². The number of anilines is 1. The summed E-state index contributed by atoms with van der Waals surface area (Å²) in [6.07, 6.45) is -0.908. The standard InChI is InChI=1S/C15H21N3O4/c1-4-16-13(19)11(3)22-14(20)10(2)17-15(21)18-12-8-6-5-7-9-12/h5-11H,4H2,1-3H3,(H,16,19)(H2,17,18,21)/t10-,11+/m0/s1. The Morgan fingerprint density at radius 2 is 1.77 bits per heavy atom. The van der Waals surface area contributed by atoms with E-state index in [2.05, 4.69) is 16.0 Å². The first-order valence-corrected chi connectivity index (χ1v) is 7.04. The highest BCUT2D eigenvalue weighted by Crippen LogP contribution is 2.04. The SMILES string of the molecule is CCNC(=O)[C@@H](C)OC(=O)[C@H](C)NC(=O)Nc1ccccc1. The second-order valence-corrected chi connectivity index (χ2v) is 4.66. The molecule has 3 amide bonds. The number of urea groups is 1. The summed E-state index contributed by atoms with van der Waals surface area (Å²) in [5.41, 5.74) is 0.608. The Labute approximate surface area is 129 Å². The molecule has 1 aromatic rings. The van der Waals surface area contributed by atoms with Crippen molar-refractivity contribution in [3.63, 3.8) is 0 Å². The predicted molar refractivity (Wildman–Crippen MR) is 82.3 cm³/mol. The van der Waals surface area contributed by atoms with E-state index in [0.717, 1.165) is 0 Å². The molecule has 1 aromatic carbocycles. The van der Waals surface area contributed by atoms with Crippen molar-refractivity contribution in [1.29, 1.82) is 0 Å². The molecule has 0 spiro atoms. The van der Waals surface area contributed by atoms with E-state index in [0.29, 0.717) is 12.2 Å². The molecular formula is C15H21N3O4. The Morgan fingerprint density at radius 1 is 1.14 bits per heavy atom. The third-order valence-electron chi connectivity index (χ3n) is 2.75. The normalized spacial score (nSPS) is 12.7. The maximum Gasteiger partial charge on any atom is 0.329 e. The highest BCUT2D eigenvalue weighted by Gasteiger charge is 2.22. The van der Waals surface area contributed by atoms with Crippen LogP contribution in [0.3, 0.4) is 0 Å². The average Bonchev–Trinajstić information content (AvgIpc) is 2.48. The van der Waals surface area contributed by atoms with Gasteiger partial charge in [-0.25, -0.2) is 9.59 Å². The zero-order valence-electron chi connectivity index (χ0n) is 12.9. The Balaban J connectivity index is 2.43. The van der Waals surface area contributed by atoms with Gasteiger partial charge in [0.2, 0.25) is 0 Å². The lowest BCUT2D eigenvalue weighted by Crippen LogP contribution is -2.44. The number of nitrogens with one attached hydrogen (secondary N) is 3. The van der Waals surface area contributed by atoms with Crippen LogP contribution < -0.4 is 16.0 Å². The fraction of sp³-hybridized carbons (Fsp3) is 0.400. The van der Waals surface area contributed by atoms with Gasteiger partial charge in [0.05, 0.1) is 0 Å². The maximum absolute atomic E-state index is 11.8. The fourth-order valence-corrected chi connectivity index (χ4v) is 1.59. The number of ether oxygens (including phenoxy) is 1. The highest BCUT2D eigenvalue weighted by molar-refractivity contribution is 5.93. The summed E-state index contributed by atoms with van der Waals surface area (Å²) in [4.78, 5) is 35.0. The summed E-state index contributed by atoms with van der Waals surface area (Å²) >= 11 is 0. The molecule has 7 nitrogen and oxygen atoms in total. The van der Waals surface area contributed by atoms with Crippen molar-refractivity contribution in [3.05, 3.63) is 30.3 Å². The van der Waals surface area contributed by atoms with Gasteiger partial charge >= 0.3 is 12.0 Å². The zero-order valence-corrected chi connectivity index (χ0v) is 12.9. The quantitative estimate of drug-likeness (QED) is 0.689. The fourth-order valence-electron chi connectivity index (χ4n) is 1.59. The number of benzene rings is 1. The minimum atomic E-state index is -0.908. The summed E-state index contributed by atoms with van der Waals surface area (Å²) in [5.74, 6) is -1.06. The van der Waals surface area contributed by atoms with Crippen LogP contribution in [0.5, 0.6) is 0 Å². The minimum absolute atomic E-state index is 0.378. The number of carbonyl (C=O) groups is 3. The molecule has 0 heterocycles. The van der Waals surface area contributed by atoms with Gasteiger partial charge in [0.25, 0.3) is 5.91 Å². The number of esters is 1. The lowest BCUT2D eigenvalue weighted by Gasteiger charge is -2.17. The van der Waals surface area contributed by atoms with Crippen LogP contribution in [-0.4, -0.2) is 36.6 Å². The Kier molecular flexibility index (Phi) is 6.88. The first kappa shape index (κ1) is 17.5. The van der Waals surface area contributed by atoms with Crippen LogP contribution in [0.1, 0.15) is 20.8 Å². The number of hydrogen-bond acceptors (Lipinski definition) is 4. The number of likely N-dealkylation sites (N-methyl/N-ethyl adjacent to an activating group) is 1. The molecule has 0 aliphatic heterocycles. The monoisotopic (exact) mass is 307 g/mol. The number of amides is 3. The van der Waals surface area contributed by atoms with Crippen LogP contribution in [0.2, 0.25) is 0 Å². The van der Waals surface area contributed by atoms with E-state index in [1.165, 1.54) is 13.8 Å². The van der Waals surface area contributed by atoms with Crippen molar-refractivity contribution in [1.82, 2.24) is 10.6 Å². The number of carbonyl (C=O) groups excluding carboxylic acids is 3. The molecule has 2 atom stereocenters. The molecule has 0 aliphatic rings. The molecular weight excluding hydrogens is 286 g/mol. The topological polar surface area (TPSA) is 96.5 Å². The first-order valence-electron chi connectivity index (χ1n) is 7.04. The average molecular weight is 307 g/mol. The molecule has 0 radical (unpaired) electrons. The largest absolute Gasteiger partial charge is 0.451 e. The lowest BCUT2D eigenvalue weighted by atomic mass is 10.3. The van der Waals surface area contributed by atoms with E-state index in [9.17, 15) is 14.4 Å². The van der Waals surface area contributed by atoms with E-state index in [4.69, 9.17) is 4.74 Å². The van der Waals surface area contributed by atoms with E-state index >= 15 is 0 Å². The van der Waals surface area contributed by atoms with Crippen molar-refractivity contribution in [2.45, 2.75) is 32.9 Å². The summed E-state index contributed by atoms with van der Waals surface area (Å²) in [6, 6.07) is 7.43. The molecule has 0 saturated heterocycles. The van der Waals surface area contributed by atoms with Gasteiger partial charge in [-0.15, -0.1) is 0 Å². The molecule has 0 fully saturated rings. The Bertz CT molecular complexity index is 519. The van der Waals surface area contributed by atoms with Gasteiger partial charge < -0.3 is 20.7 Å². The van der Waals surface area contributed by atoms with Crippen LogP contribution in [0.25, 0.3) is 0 Å². The molecule has 3 N–H and O–H groups in total. The van der Waals surface area contributed by atoms with Crippen LogP contribution in [0, 0.1) is 0 Å². The molecule has 1 rings (SSSR count). The smallest absolute Gasteiger partial charge is 0.329 e. The molecule has 0 saturated carbocycles. The molecule has 0 bridgehead atoms. The Morgan fingerprint density at radius 3 is 2.36 bits per heavy atom. The predicted octanol–water partition coefficient (Wildman–Crippen LogP) is 1.26. The zero-order chi connectivity index (χ0) is 16.5. The van der Waals surface area contributed by atoms with E-state index in [-0.39, 0.29) is 5.91 Å². The second-order valence-electron chi connectivity index (χ2n) is 4.66. The van der Waals surface area contributed by atoms with E-state index < -0.39 is 24.1 Å². The van der Waals surface area contributed by atoms with Crippen LogP contribution in [0.15, 0.2) is 30.3 Å². The number of rotatable bonds is 6.